The van der Waals surface area contributed by atoms with Crippen LogP contribution in [0.3, 0.4) is 0 Å². The lowest BCUT2D eigenvalue weighted by Gasteiger charge is -2.18. The van der Waals surface area contributed by atoms with Gasteiger partial charge < -0.3 is 9.47 Å². The van der Waals surface area contributed by atoms with Gasteiger partial charge in [0.25, 0.3) is 0 Å². The first-order valence-electron chi connectivity index (χ1n) is 6.50. The summed E-state index contributed by atoms with van der Waals surface area (Å²) in [6, 6.07) is 3.77. The number of ether oxygens (including phenoxy) is 2. The molecule has 4 heteroatoms. The van der Waals surface area contributed by atoms with Gasteiger partial charge in [0, 0.05) is 5.02 Å². The molecule has 0 heterocycles. The van der Waals surface area contributed by atoms with Gasteiger partial charge in [-0.2, -0.15) is 0 Å². The predicted molar refractivity (Wildman–Crippen MR) is 77.0 cm³/mol. The number of rotatable bonds is 5. The van der Waals surface area contributed by atoms with Crippen LogP contribution in [0.4, 0.5) is 0 Å². The number of halogens is 1. The normalized spacial score (nSPS) is 12.4. The molecule has 1 atom stereocenters. The molecule has 0 aliphatic rings. The monoisotopic (exact) mass is 284 g/mol. The molecule has 0 saturated heterocycles. The molecule has 0 radical (unpaired) electrons. The van der Waals surface area contributed by atoms with E-state index in [1.807, 2.05) is 19.1 Å². The van der Waals surface area contributed by atoms with Crippen LogP contribution in [-0.4, -0.2) is 18.7 Å². The van der Waals surface area contributed by atoms with Crippen molar-refractivity contribution >= 4 is 17.6 Å². The first kappa shape index (κ1) is 15.8. The molecule has 106 valence electrons. The Balaban J connectivity index is 2.95. The van der Waals surface area contributed by atoms with E-state index in [1.54, 1.807) is 13.8 Å². The Bertz CT molecular complexity index is 455. The van der Waals surface area contributed by atoms with E-state index >= 15 is 0 Å². The Hall–Kier alpha value is -1.22. The molecule has 0 spiro atoms. The molecule has 19 heavy (non-hydrogen) atoms. The summed E-state index contributed by atoms with van der Waals surface area (Å²) in [7, 11) is 0. The van der Waals surface area contributed by atoms with E-state index in [0.717, 1.165) is 16.1 Å². The lowest BCUT2D eigenvalue weighted by molar-refractivity contribution is -0.150. The number of aryl methyl sites for hydroxylation is 1. The van der Waals surface area contributed by atoms with Crippen LogP contribution < -0.4 is 4.74 Å². The minimum Gasteiger partial charge on any atom is -0.479 e. The lowest BCUT2D eigenvalue weighted by Crippen LogP contribution is -2.26. The minimum atomic E-state index is -0.625. The van der Waals surface area contributed by atoms with Crippen LogP contribution in [0, 0.1) is 6.92 Å². The zero-order valence-corrected chi connectivity index (χ0v) is 12.9. The van der Waals surface area contributed by atoms with E-state index in [2.05, 4.69) is 13.8 Å². The Morgan fingerprint density at radius 2 is 1.95 bits per heavy atom. The highest BCUT2D eigenvalue weighted by molar-refractivity contribution is 6.31. The summed E-state index contributed by atoms with van der Waals surface area (Å²) >= 11 is 6.20. The Morgan fingerprint density at radius 3 is 2.47 bits per heavy atom. The minimum absolute atomic E-state index is 0.299. The summed E-state index contributed by atoms with van der Waals surface area (Å²) in [6.07, 6.45) is -0.625. The molecule has 3 nitrogen and oxygen atoms in total. The van der Waals surface area contributed by atoms with Crippen molar-refractivity contribution in [2.24, 2.45) is 0 Å². The van der Waals surface area contributed by atoms with Crippen molar-refractivity contribution in [2.75, 3.05) is 6.61 Å². The van der Waals surface area contributed by atoms with Crippen LogP contribution in [0.2, 0.25) is 5.02 Å². The Kier molecular flexibility index (Phi) is 5.67. The van der Waals surface area contributed by atoms with Gasteiger partial charge in [-0.3, -0.25) is 0 Å². The smallest absolute Gasteiger partial charge is 0.347 e. The van der Waals surface area contributed by atoms with E-state index in [0.29, 0.717) is 18.3 Å². The lowest BCUT2D eigenvalue weighted by atomic mass is 10.0. The Morgan fingerprint density at radius 1 is 1.32 bits per heavy atom. The highest BCUT2D eigenvalue weighted by atomic mass is 35.5. The van der Waals surface area contributed by atoms with Gasteiger partial charge >= 0.3 is 5.97 Å². The van der Waals surface area contributed by atoms with Crippen molar-refractivity contribution in [2.45, 2.75) is 46.6 Å². The molecule has 0 fully saturated rings. The topological polar surface area (TPSA) is 35.5 Å². The summed E-state index contributed by atoms with van der Waals surface area (Å²) < 4.78 is 10.6. The van der Waals surface area contributed by atoms with Gasteiger partial charge in [-0.1, -0.05) is 25.4 Å². The second kappa shape index (κ2) is 6.80. The summed E-state index contributed by atoms with van der Waals surface area (Å²) in [5.41, 5.74) is 1.92. The first-order chi connectivity index (χ1) is 8.86. The largest absolute Gasteiger partial charge is 0.479 e. The second-order valence-corrected chi connectivity index (χ2v) is 5.21. The standard InChI is InChI=1S/C15H21ClO3/c1-6-18-15(17)11(5)19-14-8-12(9(2)3)13(16)7-10(14)4/h7-9,11H,6H2,1-5H3. The third-order valence-corrected chi connectivity index (χ3v) is 3.17. The predicted octanol–water partition coefficient (Wildman–Crippen LogP) is 4.10. The fourth-order valence-corrected chi connectivity index (χ4v) is 2.17. The molecule has 1 unspecified atom stereocenters. The molecule has 1 aromatic carbocycles. The summed E-state index contributed by atoms with van der Waals surface area (Å²) in [4.78, 5) is 11.6. The van der Waals surface area contributed by atoms with Gasteiger partial charge in [0.2, 0.25) is 0 Å². The Labute approximate surface area is 119 Å². The van der Waals surface area contributed by atoms with Gasteiger partial charge in [-0.25, -0.2) is 4.79 Å². The molecular weight excluding hydrogens is 264 g/mol. The number of carbonyl (C=O) groups is 1. The summed E-state index contributed by atoms with van der Waals surface area (Å²) in [6.45, 7) is 9.84. The summed E-state index contributed by atoms with van der Waals surface area (Å²) in [5, 5.41) is 0.726. The van der Waals surface area contributed by atoms with Gasteiger partial charge in [-0.15, -0.1) is 0 Å². The van der Waals surface area contributed by atoms with Gasteiger partial charge in [0.1, 0.15) is 5.75 Å². The number of hydrogen-bond acceptors (Lipinski definition) is 3. The maximum absolute atomic E-state index is 11.6. The van der Waals surface area contributed by atoms with Crippen LogP contribution >= 0.6 is 11.6 Å². The molecule has 0 N–H and O–H groups in total. The van der Waals surface area contributed by atoms with Crippen LogP contribution in [0.15, 0.2) is 12.1 Å². The second-order valence-electron chi connectivity index (χ2n) is 4.81. The van der Waals surface area contributed by atoms with Crippen molar-refractivity contribution < 1.29 is 14.3 Å². The fourth-order valence-electron chi connectivity index (χ4n) is 1.74. The maximum atomic E-state index is 11.6. The first-order valence-corrected chi connectivity index (χ1v) is 6.87. The van der Waals surface area contributed by atoms with Crippen molar-refractivity contribution in [3.05, 3.63) is 28.3 Å². The molecule has 0 bridgehead atoms. The van der Waals surface area contributed by atoms with Crippen molar-refractivity contribution in [1.29, 1.82) is 0 Å². The van der Waals surface area contributed by atoms with Crippen LogP contribution in [-0.2, 0) is 9.53 Å². The number of esters is 1. The van der Waals surface area contributed by atoms with Crippen molar-refractivity contribution in [3.63, 3.8) is 0 Å². The third kappa shape index (κ3) is 4.13. The molecular formula is C15H21ClO3. The van der Waals surface area contributed by atoms with Gasteiger partial charge in [0.05, 0.1) is 6.61 Å². The average molecular weight is 285 g/mol. The summed E-state index contributed by atoms with van der Waals surface area (Å²) in [5.74, 6) is 0.616. The molecule has 0 aliphatic carbocycles. The van der Waals surface area contributed by atoms with Crippen LogP contribution in [0.1, 0.15) is 44.7 Å². The molecule has 0 aliphatic heterocycles. The zero-order chi connectivity index (χ0) is 14.6. The molecule has 1 rings (SSSR count). The molecule has 0 saturated carbocycles. The van der Waals surface area contributed by atoms with Gasteiger partial charge in [0.15, 0.2) is 6.10 Å². The number of benzene rings is 1. The highest BCUT2D eigenvalue weighted by Crippen LogP contribution is 2.31. The van der Waals surface area contributed by atoms with E-state index in [1.165, 1.54) is 0 Å². The zero-order valence-electron chi connectivity index (χ0n) is 12.1. The SMILES string of the molecule is CCOC(=O)C(C)Oc1cc(C(C)C)c(Cl)cc1C. The highest BCUT2D eigenvalue weighted by Gasteiger charge is 2.18. The van der Waals surface area contributed by atoms with E-state index < -0.39 is 6.10 Å². The third-order valence-electron chi connectivity index (χ3n) is 2.84. The molecule has 0 aromatic heterocycles. The average Bonchev–Trinajstić information content (AvgIpc) is 2.32. The van der Waals surface area contributed by atoms with E-state index in [-0.39, 0.29) is 5.97 Å². The van der Waals surface area contributed by atoms with Crippen molar-refractivity contribution in [1.82, 2.24) is 0 Å². The van der Waals surface area contributed by atoms with E-state index in [4.69, 9.17) is 21.1 Å². The van der Waals surface area contributed by atoms with E-state index in [9.17, 15) is 4.79 Å². The molecule has 0 amide bonds. The quantitative estimate of drug-likeness (QED) is 0.764. The number of hydrogen-bond donors (Lipinski definition) is 0. The van der Waals surface area contributed by atoms with Gasteiger partial charge in [-0.05, 0) is 49.9 Å². The van der Waals surface area contributed by atoms with Crippen molar-refractivity contribution in [3.8, 4) is 5.75 Å². The maximum Gasteiger partial charge on any atom is 0.347 e. The molecule has 1 aromatic rings. The fraction of sp³-hybridized carbons (Fsp3) is 0.533. The van der Waals surface area contributed by atoms with Crippen LogP contribution in [0.25, 0.3) is 0 Å². The number of carbonyl (C=O) groups excluding carboxylic acids is 1. The van der Waals surface area contributed by atoms with Crippen LogP contribution in [0.5, 0.6) is 5.75 Å².